The molecule has 8 heteroatoms. The summed E-state index contributed by atoms with van der Waals surface area (Å²) in [6.07, 6.45) is 0.873. The van der Waals surface area contributed by atoms with Crippen molar-refractivity contribution in [3.05, 3.63) is 5.28 Å². The highest BCUT2D eigenvalue weighted by atomic mass is 35.5. The van der Waals surface area contributed by atoms with Crippen LogP contribution in [-0.4, -0.2) is 62.5 Å². The van der Waals surface area contributed by atoms with E-state index < -0.39 is 0 Å². The third-order valence-corrected chi connectivity index (χ3v) is 2.61. The van der Waals surface area contributed by atoms with Gasteiger partial charge < -0.3 is 19.7 Å². The smallest absolute Gasteiger partial charge is 0.231 e. The molecule has 108 valence electrons. The second-order valence-electron chi connectivity index (χ2n) is 3.80. The molecule has 0 aliphatic heterocycles. The van der Waals surface area contributed by atoms with Crippen LogP contribution in [0.3, 0.4) is 0 Å². The van der Waals surface area contributed by atoms with Gasteiger partial charge in [-0.05, 0) is 18.0 Å². The van der Waals surface area contributed by atoms with Gasteiger partial charge in [0, 0.05) is 41.0 Å². The summed E-state index contributed by atoms with van der Waals surface area (Å²) < 4.78 is 10.1. The largest absolute Gasteiger partial charge is 0.385 e. The third kappa shape index (κ3) is 5.54. The Balaban J connectivity index is 2.79. The molecule has 0 atom stereocenters. The highest BCUT2D eigenvalue weighted by molar-refractivity contribution is 6.28. The number of ether oxygens (including phenoxy) is 2. The molecule has 1 aromatic heterocycles. The van der Waals surface area contributed by atoms with E-state index in [1.54, 1.807) is 21.3 Å². The monoisotopic (exact) mass is 289 g/mol. The lowest BCUT2D eigenvalue weighted by Gasteiger charge is -2.22. The number of nitrogens with one attached hydrogen (secondary N) is 1. The summed E-state index contributed by atoms with van der Waals surface area (Å²) in [6.45, 7) is 2.72. The fourth-order valence-corrected chi connectivity index (χ4v) is 1.66. The third-order valence-electron chi connectivity index (χ3n) is 2.44. The lowest BCUT2D eigenvalue weighted by atomic mass is 10.4. The second-order valence-corrected chi connectivity index (χ2v) is 4.14. The molecule has 0 fully saturated rings. The fraction of sp³-hybridized carbons (Fsp3) is 0.727. The van der Waals surface area contributed by atoms with Crippen molar-refractivity contribution in [3.63, 3.8) is 0 Å². The Bertz CT molecular complexity index is 380. The Morgan fingerprint density at radius 2 is 1.84 bits per heavy atom. The van der Waals surface area contributed by atoms with Crippen LogP contribution in [0.4, 0.5) is 11.9 Å². The van der Waals surface area contributed by atoms with E-state index in [1.165, 1.54) is 0 Å². The summed E-state index contributed by atoms with van der Waals surface area (Å²) in [7, 11) is 5.07. The Labute approximate surface area is 118 Å². The average molecular weight is 290 g/mol. The number of aromatic nitrogens is 3. The van der Waals surface area contributed by atoms with Gasteiger partial charge in [0.15, 0.2) is 0 Å². The minimum atomic E-state index is 0.170. The van der Waals surface area contributed by atoms with E-state index in [1.807, 2.05) is 4.90 Å². The molecular formula is C11H20ClN5O2. The Hall–Kier alpha value is -1.18. The highest BCUT2D eigenvalue weighted by Gasteiger charge is 2.12. The molecule has 0 saturated heterocycles. The van der Waals surface area contributed by atoms with Crippen molar-refractivity contribution in [3.8, 4) is 0 Å². The first-order valence-corrected chi connectivity index (χ1v) is 6.41. The van der Waals surface area contributed by atoms with Gasteiger partial charge in [0.2, 0.25) is 17.2 Å². The lowest BCUT2D eigenvalue weighted by molar-refractivity contribution is 0.190. The minimum absolute atomic E-state index is 0.170. The normalized spacial score (nSPS) is 10.5. The van der Waals surface area contributed by atoms with Gasteiger partial charge in [0.05, 0.1) is 6.61 Å². The zero-order valence-electron chi connectivity index (χ0n) is 11.5. The first-order chi connectivity index (χ1) is 9.21. The SMILES string of the molecule is CNc1nc(Cl)nc(N(CCCOC)CCOC)n1. The maximum Gasteiger partial charge on any atom is 0.231 e. The summed E-state index contributed by atoms with van der Waals surface area (Å²) in [6, 6.07) is 0. The second kappa shape index (κ2) is 8.84. The van der Waals surface area contributed by atoms with Crippen LogP contribution in [-0.2, 0) is 9.47 Å². The van der Waals surface area contributed by atoms with Crippen molar-refractivity contribution in [2.45, 2.75) is 6.42 Å². The fourth-order valence-electron chi connectivity index (χ4n) is 1.51. The molecule has 1 heterocycles. The lowest BCUT2D eigenvalue weighted by Crippen LogP contribution is -2.31. The zero-order valence-corrected chi connectivity index (χ0v) is 12.3. The van der Waals surface area contributed by atoms with Crippen molar-refractivity contribution in [1.82, 2.24) is 15.0 Å². The topological polar surface area (TPSA) is 72.4 Å². The molecule has 1 aromatic rings. The van der Waals surface area contributed by atoms with E-state index in [0.29, 0.717) is 31.7 Å². The van der Waals surface area contributed by atoms with Crippen molar-refractivity contribution < 1.29 is 9.47 Å². The molecule has 0 amide bonds. The van der Waals surface area contributed by atoms with Gasteiger partial charge >= 0.3 is 0 Å². The van der Waals surface area contributed by atoms with E-state index in [9.17, 15) is 0 Å². The van der Waals surface area contributed by atoms with Gasteiger partial charge in [-0.15, -0.1) is 0 Å². The number of hydrogen-bond donors (Lipinski definition) is 1. The number of halogens is 1. The van der Waals surface area contributed by atoms with Crippen molar-refractivity contribution in [1.29, 1.82) is 0 Å². The number of anilines is 2. The van der Waals surface area contributed by atoms with Crippen molar-refractivity contribution >= 4 is 23.5 Å². The molecule has 1 N–H and O–H groups in total. The van der Waals surface area contributed by atoms with Gasteiger partial charge in [0.1, 0.15) is 0 Å². The van der Waals surface area contributed by atoms with Crippen LogP contribution in [0.15, 0.2) is 0 Å². The summed E-state index contributed by atoms with van der Waals surface area (Å²) >= 11 is 5.88. The number of methoxy groups -OCH3 is 2. The van der Waals surface area contributed by atoms with E-state index >= 15 is 0 Å². The summed E-state index contributed by atoms with van der Waals surface area (Å²) in [5, 5.41) is 3.03. The summed E-state index contributed by atoms with van der Waals surface area (Å²) in [5.41, 5.74) is 0. The predicted octanol–water partition coefficient (Wildman–Crippen LogP) is 1.06. The van der Waals surface area contributed by atoms with Crippen LogP contribution in [0.2, 0.25) is 5.28 Å². The molecule has 0 radical (unpaired) electrons. The van der Waals surface area contributed by atoms with Crippen LogP contribution in [0.5, 0.6) is 0 Å². The molecule has 0 aliphatic carbocycles. The maximum absolute atomic E-state index is 5.88. The number of nitrogens with zero attached hydrogens (tertiary/aromatic N) is 4. The molecule has 7 nitrogen and oxygen atoms in total. The minimum Gasteiger partial charge on any atom is -0.385 e. The maximum atomic E-state index is 5.88. The first kappa shape index (κ1) is 15.9. The molecule has 19 heavy (non-hydrogen) atoms. The molecule has 0 saturated carbocycles. The molecule has 0 spiro atoms. The highest BCUT2D eigenvalue weighted by Crippen LogP contribution is 2.13. The Kier molecular flexibility index (Phi) is 7.39. The summed E-state index contributed by atoms with van der Waals surface area (Å²) in [4.78, 5) is 14.4. The first-order valence-electron chi connectivity index (χ1n) is 6.03. The van der Waals surface area contributed by atoms with Crippen LogP contribution >= 0.6 is 11.6 Å². The predicted molar refractivity (Wildman–Crippen MR) is 75.0 cm³/mol. The number of hydrogen-bond acceptors (Lipinski definition) is 7. The van der Waals surface area contributed by atoms with Crippen LogP contribution in [0.1, 0.15) is 6.42 Å². The Morgan fingerprint density at radius 3 is 2.47 bits per heavy atom. The van der Waals surface area contributed by atoms with Gasteiger partial charge in [-0.3, -0.25) is 0 Å². The Morgan fingerprint density at radius 1 is 1.11 bits per heavy atom. The van der Waals surface area contributed by atoms with E-state index in [2.05, 4.69) is 20.3 Å². The van der Waals surface area contributed by atoms with Gasteiger partial charge in [-0.25, -0.2) is 0 Å². The van der Waals surface area contributed by atoms with E-state index in [0.717, 1.165) is 13.0 Å². The van der Waals surface area contributed by atoms with Crippen molar-refractivity contribution in [2.24, 2.45) is 0 Å². The number of rotatable bonds is 9. The standard InChI is InChI=1S/C11H20ClN5O2/c1-13-10-14-9(12)15-11(16-10)17(6-8-19-3)5-4-7-18-2/h4-8H2,1-3H3,(H,13,14,15,16). The molecule has 1 rings (SSSR count). The quantitative estimate of drug-likeness (QED) is 0.681. The molecule has 0 bridgehead atoms. The van der Waals surface area contributed by atoms with Gasteiger partial charge in [-0.1, -0.05) is 0 Å². The van der Waals surface area contributed by atoms with Crippen LogP contribution in [0.25, 0.3) is 0 Å². The van der Waals surface area contributed by atoms with E-state index in [4.69, 9.17) is 21.1 Å². The summed E-state index contributed by atoms with van der Waals surface area (Å²) in [5.74, 6) is 0.988. The molecular weight excluding hydrogens is 270 g/mol. The molecule has 0 unspecified atom stereocenters. The average Bonchev–Trinajstić information content (AvgIpc) is 2.42. The van der Waals surface area contributed by atoms with Crippen molar-refractivity contribution in [2.75, 3.05) is 57.8 Å². The van der Waals surface area contributed by atoms with Gasteiger partial charge in [-0.2, -0.15) is 15.0 Å². The van der Waals surface area contributed by atoms with Crippen LogP contribution < -0.4 is 10.2 Å². The van der Waals surface area contributed by atoms with Gasteiger partial charge in [0.25, 0.3) is 0 Å². The molecule has 0 aromatic carbocycles. The molecule has 0 aliphatic rings. The van der Waals surface area contributed by atoms with E-state index in [-0.39, 0.29) is 5.28 Å². The van der Waals surface area contributed by atoms with Crippen LogP contribution in [0, 0.1) is 0 Å². The zero-order chi connectivity index (χ0) is 14.1.